The molecule has 1 aliphatic heterocycles. The summed E-state index contributed by atoms with van der Waals surface area (Å²) >= 11 is 0.313. The zero-order valence-electron chi connectivity index (χ0n) is 2.85. The van der Waals surface area contributed by atoms with Crippen molar-refractivity contribution in [3.05, 3.63) is 0 Å². The van der Waals surface area contributed by atoms with Gasteiger partial charge in [0.15, 0.2) is 0 Å². The molecule has 2 heteroatoms. The van der Waals surface area contributed by atoms with Gasteiger partial charge in [-0.05, 0) is 0 Å². The second-order valence-electron chi connectivity index (χ2n) is 0.882. The van der Waals surface area contributed by atoms with Gasteiger partial charge in [-0.25, -0.2) is 0 Å². The Balaban J connectivity index is 2.32. The first kappa shape index (κ1) is 3.64. The number of rotatable bonds is 0. The van der Waals surface area contributed by atoms with Crippen LogP contribution in [-0.4, -0.2) is 31.7 Å². The van der Waals surface area contributed by atoms with Crippen molar-refractivity contribution in [1.82, 2.24) is 0 Å². The molecule has 0 unspecified atom stereocenters. The molecule has 0 bridgehead atoms. The summed E-state index contributed by atoms with van der Waals surface area (Å²) in [5.74, 6) is 0. The first-order valence-electron chi connectivity index (χ1n) is 1.60. The fraction of sp³-hybridized carbons (Fsp3) is 0.667. The Bertz CT molecular complexity index is 44.9. The van der Waals surface area contributed by atoms with Gasteiger partial charge in [-0.1, -0.05) is 0 Å². The first-order chi connectivity index (χ1) is 2.50. The van der Waals surface area contributed by atoms with Gasteiger partial charge in [-0.15, -0.1) is 0 Å². The van der Waals surface area contributed by atoms with E-state index >= 15 is 0 Å². The summed E-state index contributed by atoms with van der Waals surface area (Å²) in [6.07, 6.45) is 0. The Morgan fingerprint density at radius 3 is 3.00 bits per heavy atom. The van der Waals surface area contributed by atoms with E-state index in [1.165, 1.54) is 4.47 Å². The predicted molar refractivity (Wildman–Crippen MR) is 23.9 cm³/mol. The molecule has 0 aromatic heterocycles. The SMILES string of the molecule is C1=NCC[Te]1. The topological polar surface area (TPSA) is 12.4 Å². The van der Waals surface area contributed by atoms with Gasteiger partial charge in [0, 0.05) is 0 Å². The summed E-state index contributed by atoms with van der Waals surface area (Å²) in [4.78, 5) is 4.02. The van der Waals surface area contributed by atoms with E-state index in [1.807, 2.05) is 0 Å². The second kappa shape index (κ2) is 1.79. The van der Waals surface area contributed by atoms with Crippen molar-refractivity contribution in [2.75, 3.05) is 6.54 Å². The van der Waals surface area contributed by atoms with Crippen LogP contribution < -0.4 is 0 Å². The third-order valence-corrected chi connectivity index (χ3v) is 2.53. The normalized spacial score (nSPS) is 20.8. The van der Waals surface area contributed by atoms with Gasteiger partial charge in [-0.2, -0.15) is 0 Å². The molecular weight excluding hydrogens is 178 g/mol. The molecule has 0 N–H and O–H groups in total. The zero-order valence-corrected chi connectivity index (χ0v) is 5.18. The van der Waals surface area contributed by atoms with Crippen molar-refractivity contribution in [3.8, 4) is 0 Å². The summed E-state index contributed by atoms with van der Waals surface area (Å²) < 4.78 is 3.52. The molecular formula is C3H5NTe. The van der Waals surface area contributed by atoms with Crippen molar-refractivity contribution in [2.24, 2.45) is 4.99 Å². The molecule has 0 saturated heterocycles. The van der Waals surface area contributed by atoms with Crippen LogP contribution in [0.1, 0.15) is 0 Å². The number of hydrogen-bond acceptors (Lipinski definition) is 1. The second-order valence-corrected chi connectivity index (χ2v) is 3.60. The Hall–Kier alpha value is 0.460. The number of nitrogens with zero attached hydrogens (tertiary/aromatic N) is 1. The average molecular weight is 183 g/mol. The molecule has 0 fully saturated rings. The Labute approximate surface area is 41.6 Å². The van der Waals surface area contributed by atoms with Crippen molar-refractivity contribution in [2.45, 2.75) is 4.47 Å². The van der Waals surface area contributed by atoms with E-state index in [-0.39, 0.29) is 0 Å². The fourth-order valence-electron chi connectivity index (χ4n) is 0.264. The Morgan fingerprint density at radius 1 is 1.80 bits per heavy atom. The molecule has 1 heterocycles. The Kier molecular flexibility index (Phi) is 1.30. The van der Waals surface area contributed by atoms with Gasteiger partial charge in [0.25, 0.3) is 0 Å². The molecule has 28 valence electrons. The average Bonchev–Trinajstić information content (AvgIpc) is 1.76. The monoisotopic (exact) mass is 185 g/mol. The summed E-state index contributed by atoms with van der Waals surface area (Å²) in [6.45, 7) is 1.13. The van der Waals surface area contributed by atoms with Crippen LogP contribution in [0.15, 0.2) is 4.99 Å². The maximum absolute atomic E-state index is 4.02. The van der Waals surface area contributed by atoms with Gasteiger partial charge in [-0.3, -0.25) is 0 Å². The molecule has 0 saturated carbocycles. The van der Waals surface area contributed by atoms with Crippen LogP contribution in [0.25, 0.3) is 0 Å². The van der Waals surface area contributed by atoms with Crippen molar-refractivity contribution in [3.63, 3.8) is 0 Å². The summed E-state index contributed by atoms with van der Waals surface area (Å²) in [5, 5.41) is 0. The van der Waals surface area contributed by atoms with Crippen LogP contribution in [0.3, 0.4) is 0 Å². The van der Waals surface area contributed by atoms with Crippen LogP contribution in [-0.2, 0) is 0 Å². The third-order valence-electron chi connectivity index (χ3n) is 0.487. The van der Waals surface area contributed by atoms with Gasteiger partial charge in [0.1, 0.15) is 0 Å². The predicted octanol–water partition coefficient (Wildman–Crippen LogP) is 0.151. The molecule has 0 atom stereocenters. The van der Waals surface area contributed by atoms with Crippen molar-refractivity contribution >= 4 is 25.2 Å². The zero-order chi connectivity index (χ0) is 3.54. The Morgan fingerprint density at radius 2 is 2.80 bits per heavy atom. The minimum absolute atomic E-state index is 0.313. The van der Waals surface area contributed by atoms with Gasteiger partial charge >= 0.3 is 41.2 Å². The third kappa shape index (κ3) is 0.905. The van der Waals surface area contributed by atoms with Crippen molar-refractivity contribution in [1.29, 1.82) is 0 Å². The van der Waals surface area contributed by atoms with Crippen LogP contribution in [0.2, 0.25) is 4.47 Å². The standard InChI is InChI=1S/C3H5NTe/c1-2-5-3-4-1/h3H,1-2H2. The first-order valence-corrected chi connectivity index (χ1v) is 4.59. The van der Waals surface area contributed by atoms with Gasteiger partial charge < -0.3 is 0 Å². The van der Waals surface area contributed by atoms with E-state index < -0.39 is 0 Å². The number of aliphatic imine (C=N–C) groups is 1. The molecule has 1 nitrogen and oxygen atoms in total. The minimum atomic E-state index is 0.313. The fourth-order valence-corrected chi connectivity index (χ4v) is 1.77. The van der Waals surface area contributed by atoms with E-state index in [9.17, 15) is 0 Å². The molecule has 0 aromatic carbocycles. The molecule has 0 aliphatic carbocycles. The molecule has 0 amide bonds. The molecule has 0 aromatic rings. The van der Waals surface area contributed by atoms with E-state index in [0.717, 1.165) is 6.54 Å². The van der Waals surface area contributed by atoms with Crippen LogP contribution >= 0.6 is 0 Å². The van der Waals surface area contributed by atoms with Crippen LogP contribution in [0.5, 0.6) is 0 Å². The molecule has 0 radical (unpaired) electrons. The molecule has 1 aliphatic rings. The van der Waals surface area contributed by atoms with Crippen LogP contribution in [0, 0.1) is 0 Å². The maximum atomic E-state index is 4.02. The van der Waals surface area contributed by atoms with Crippen LogP contribution in [0.4, 0.5) is 0 Å². The summed E-state index contributed by atoms with van der Waals surface area (Å²) in [5.41, 5.74) is 0. The van der Waals surface area contributed by atoms with Crippen molar-refractivity contribution < 1.29 is 0 Å². The molecule has 5 heavy (non-hydrogen) atoms. The van der Waals surface area contributed by atoms with E-state index in [1.54, 1.807) is 0 Å². The van der Waals surface area contributed by atoms with E-state index in [4.69, 9.17) is 0 Å². The van der Waals surface area contributed by atoms with Gasteiger partial charge in [0.05, 0.1) is 0 Å². The van der Waals surface area contributed by atoms with Gasteiger partial charge in [0.2, 0.25) is 0 Å². The summed E-state index contributed by atoms with van der Waals surface area (Å²) in [6, 6.07) is 0. The van der Waals surface area contributed by atoms with E-state index in [2.05, 4.69) is 9.25 Å². The molecule has 1 rings (SSSR count). The number of hydrogen-bond donors (Lipinski definition) is 0. The quantitative estimate of drug-likeness (QED) is 0.473. The molecule has 0 spiro atoms. The van der Waals surface area contributed by atoms with E-state index in [0.29, 0.717) is 20.9 Å². The summed E-state index contributed by atoms with van der Waals surface area (Å²) in [7, 11) is 0.